The van der Waals surface area contributed by atoms with Gasteiger partial charge in [-0.3, -0.25) is 0 Å². The van der Waals surface area contributed by atoms with Crippen LogP contribution >= 0.6 is 23.2 Å². The maximum absolute atomic E-state index is 6.43. The number of hydrogen-bond acceptors (Lipinski definition) is 0. The molecular weight excluding hydrogens is 251 g/mol. The van der Waals surface area contributed by atoms with Crippen LogP contribution < -0.4 is 0 Å². The van der Waals surface area contributed by atoms with Crippen molar-refractivity contribution in [2.24, 2.45) is 0 Å². The molecule has 2 aromatic rings. The Labute approximate surface area is 112 Å². The Morgan fingerprint density at radius 1 is 1.00 bits per heavy atom. The fourth-order valence-electron chi connectivity index (χ4n) is 1.88. The molecule has 2 heteroatoms. The van der Waals surface area contributed by atoms with Crippen LogP contribution in [0.1, 0.15) is 22.1 Å². The molecule has 0 aliphatic rings. The number of benzene rings is 2. The van der Waals surface area contributed by atoms with Crippen LogP contribution in [-0.2, 0) is 6.42 Å². The molecule has 0 amide bonds. The summed E-state index contributed by atoms with van der Waals surface area (Å²) in [6, 6.07) is 16.0. The first-order chi connectivity index (χ1) is 8.18. The van der Waals surface area contributed by atoms with Gasteiger partial charge in [0.2, 0.25) is 0 Å². The van der Waals surface area contributed by atoms with Crippen molar-refractivity contribution >= 4 is 23.2 Å². The van der Waals surface area contributed by atoms with E-state index in [2.05, 4.69) is 13.0 Å². The van der Waals surface area contributed by atoms with Crippen LogP contribution in [0.3, 0.4) is 0 Å². The van der Waals surface area contributed by atoms with Gasteiger partial charge >= 0.3 is 0 Å². The van der Waals surface area contributed by atoms with Crippen LogP contribution in [0, 0.1) is 6.92 Å². The molecule has 0 saturated heterocycles. The Bertz CT molecular complexity index is 471. The molecule has 0 heterocycles. The van der Waals surface area contributed by atoms with E-state index >= 15 is 0 Å². The SMILES string of the molecule is Cc1cccc(Cl)c1CC(Cl)c1ccccc1. The number of halogens is 2. The summed E-state index contributed by atoms with van der Waals surface area (Å²) in [6.45, 7) is 2.07. The van der Waals surface area contributed by atoms with Crippen molar-refractivity contribution in [3.05, 3.63) is 70.2 Å². The summed E-state index contributed by atoms with van der Waals surface area (Å²) >= 11 is 12.6. The molecule has 0 aliphatic carbocycles. The lowest BCUT2D eigenvalue weighted by molar-refractivity contribution is 0.911. The van der Waals surface area contributed by atoms with E-state index in [1.54, 1.807) is 0 Å². The van der Waals surface area contributed by atoms with Gasteiger partial charge in [0.15, 0.2) is 0 Å². The molecule has 1 atom stereocenters. The predicted octanol–water partition coefficient (Wildman–Crippen LogP) is 5.17. The summed E-state index contributed by atoms with van der Waals surface area (Å²) in [5.74, 6) is 0. The van der Waals surface area contributed by atoms with Gasteiger partial charge in [-0.05, 0) is 36.1 Å². The smallest absolute Gasteiger partial charge is 0.0626 e. The molecule has 0 aromatic heterocycles. The van der Waals surface area contributed by atoms with E-state index in [0.29, 0.717) is 0 Å². The average molecular weight is 265 g/mol. The van der Waals surface area contributed by atoms with Gasteiger partial charge in [0.1, 0.15) is 0 Å². The van der Waals surface area contributed by atoms with Gasteiger partial charge < -0.3 is 0 Å². The molecule has 88 valence electrons. The first kappa shape index (κ1) is 12.5. The molecule has 0 fully saturated rings. The standard InChI is InChI=1S/C15H14Cl2/c1-11-6-5-9-14(16)13(11)10-15(17)12-7-3-2-4-8-12/h2-9,15H,10H2,1H3. The quantitative estimate of drug-likeness (QED) is 0.671. The summed E-state index contributed by atoms with van der Waals surface area (Å²) in [5.41, 5.74) is 3.46. The Morgan fingerprint density at radius 2 is 1.71 bits per heavy atom. The van der Waals surface area contributed by atoms with Gasteiger partial charge in [-0.1, -0.05) is 54.1 Å². The number of rotatable bonds is 3. The number of aryl methyl sites for hydroxylation is 1. The fraction of sp³-hybridized carbons (Fsp3) is 0.200. The first-order valence-corrected chi connectivity index (χ1v) is 6.43. The third kappa shape index (κ3) is 3.02. The predicted molar refractivity (Wildman–Crippen MR) is 74.9 cm³/mol. The van der Waals surface area contributed by atoms with Crippen LogP contribution in [0.15, 0.2) is 48.5 Å². The summed E-state index contributed by atoms with van der Waals surface area (Å²) in [5, 5.41) is 0.765. The van der Waals surface area contributed by atoms with Crippen molar-refractivity contribution in [3.63, 3.8) is 0 Å². The summed E-state index contributed by atoms with van der Waals surface area (Å²) in [4.78, 5) is 0. The monoisotopic (exact) mass is 264 g/mol. The van der Waals surface area contributed by atoms with E-state index < -0.39 is 0 Å². The second-order valence-corrected chi connectivity index (χ2v) is 5.05. The zero-order chi connectivity index (χ0) is 12.3. The van der Waals surface area contributed by atoms with E-state index in [4.69, 9.17) is 23.2 Å². The molecule has 0 nitrogen and oxygen atoms in total. The Balaban J connectivity index is 2.22. The Morgan fingerprint density at radius 3 is 2.35 bits per heavy atom. The molecule has 2 aromatic carbocycles. The van der Waals surface area contributed by atoms with E-state index in [0.717, 1.165) is 22.6 Å². The zero-order valence-corrected chi connectivity index (χ0v) is 11.2. The average Bonchev–Trinajstić information content (AvgIpc) is 2.35. The van der Waals surface area contributed by atoms with Gasteiger partial charge in [-0.2, -0.15) is 0 Å². The van der Waals surface area contributed by atoms with Crippen molar-refractivity contribution in [2.45, 2.75) is 18.7 Å². The lowest BCUT2D eigenvalue weighted by Gasteiger charge is -2.13. The van der Waals surface area contributed by atoms with Gasteiger partial charge in [0, 0.05) is 5.02 Å². The van der Waals surface area contributed by atoms with Crippen molar-refractivity contribution < 1.29 is 0 Å². The fourth-order valence-corrected chi connectivity index (χ4v) is 2.48. The normalized spacial score (nSPS) is 12.4. The van der Waals surface area contributed by atoms with Crippen LogP contribution in [-0.4, -0.2) is 0 Å². The maximum Gasteiger partial charge on any atom is 0.0626 e. The highest BCUT2D eigenvalue weighted by Gasteiger charge is 2.12. The minimum absolute atomic E-state index is 0.0326. The van der Waals surface area contributed by atoms with Crippen LogP contribution in [0.2, 0.25) is 5.02 Å². The molecule has 1 unspecified atom stereocenters. The van der Waals surface area contributed by atoms with Gasteiger partial charge in [-0.25, -0.2) is 0 Å². The minimum Gasteiger partial charge on any atom is -0.117 e. The van der Waals surface area contributed by atoms with Crippen molar-refractivity contribution in [3.8, 4) is 0 Å². The van der Waals surface area contributed by atoms with Gasteiger partial charge in [-0.15, -0.1) is 11.6 Å². The molecular formula is C15H14Cl2. The molecule has 0 spiro atoms. The summed E-state index contributed by atoms with van der Waals surface area (Å²) in [7, 11) is 0. The molecule has 0 aliphatic heterocycles. The number of hydrogen-bond donors (Lipinski definition) is 0. The van der Waals surface area contributed by atoms with Crippen LogP contribution in [0.25, 0.3) is 0 Å². The second-order valence-electron chi connectivity index (χ2n) is 4.12. The first-order valence-electron chi connectivity index (χ1n) is 5.61. The van der Waals surface area contributed by atoms with E-state index in [-0.39, 0.29) is 5.38 Å². The van der Waals surface area contributed by atoms with E-state index in [1.165, 1.54) is 5.56 Å². The van der Waals surface area contributed by atoms with E-state index in [1.807, 2.05) is 42.5 Å². The topological polar surface area (TPSA) is 0 Å². The lowest BCUT2D eigenvalue weighted by Crippen LogP contribution is -1.98. The minimum atomic E-state index is -0.0326. The van der Waals surface area contributed by atoms with Crippen molar-refractivity contribution in [1.29, 1.82) is 0 Å². The molecule has 2 rings (SSSR count). The molecule has 0 N–H and O–H groups in total. The largest absolute Gasteiger partial charge is 0.117 e. The van der Waals surface area contributed by atoms with Crippen molar-refractivity contribution in [1.82, 2.24) is 0 Å². The third-order valence-corrected chi connectivity index (χ3v) is 3.66. The summed E-state index contributed by atoms with van der Waals surface area (Å²) < 4.78 is 0. The van der Waals surface area contributed by atoms with E-state index in [9.17, 15) is 0 Å². The molecule has 0 bridgehead atoms. The second kappa shape index (κ2) is 5.57. The summed E-state index contributed by atoms with van der Waals surface area (Å²) in [6.07, 6.45) is 0.761. The number of alkyl halides is 1. The lowest BCUT2D eigenvalue weighted by atomic mass is 10.0. The van der Waals surface area contributed by atoms with Crippen LogP contribution in [0.4, 0.5) is 0 Å². The van der Waals surface area contributed by atoms with Gasteiger partial charge in [0.25, 0.3) is 0 Å². The Hall–Kier alpha value is -0.980. The molecule has 0 radical (unpaired) electrons. The zero-order valence-electron chi connectivity index (χ0n) is 9.66. The highest BCUT2D eigenvalue weighted by atomic mass is 35.5. The highest BCUT2D eigenvalue weighted by Crippen LogP contribution is 2.29. The van der Waals surface area contributed by atoms with Gasteiger partial charge in [0.05, 0.1) is 5.38 Å². The molecule has 17 heavy (non-hydrogen) atoms. The third-order valence-electron chi connectivity index (χ3n) is 2.90. The molecule has 0 saturated carbocycles. The van der Waals surface area contributed by atoms with Crippen molar-refractivity contribution in [2.75, 3.05) is 0 Å². The Kier molecular flexibility index (Phi) is 4.09. The highest BCUT2D eigenvalue weighted by molar-refractivity contribution is 6.31. The van der Waals surface area contributed by atoms with Crippen LogP contribution in [0.5, 0.6) is 0 Å². The maximum atomic E-state index is 6.43.